The third-order valence-corrected chi connectivity index (χ3v) is 1.67. The van der Waals surface area contributed by atoms with Crippen LogP contribution in [0.25, 0.3) is 5.65 Å². The summed E-state index contributed by atoms with van der Waals surface area (Å²) >= 11 is 0. The van der Waals surface area contributed by atoms with Gasteiger partial charge in [-0.2, -0.15) is 0 Å². The van der Waals surface area contributed by atoms with E-state index in [1.165, 1.54) is 6.07 Å². The van der Waals surface area contributed by atoms with Gasteiger partial charge in [0, 0.05) is 31.7 Å². The Labute approximate surface area is 68.2 Å². The van der Waals surface area contributed by atoms with Gasteiger partial charge in [0.15, 0.2) is 0 Å². The molecule has 2 aromatic rings. The molecule has 0 radical (unpaired) electrons. The maximum atomic E-state index is 11.2. The summed E-state index contributed by atoms with van der Waals surface area (Å²) in [5.74, 6) is 0. The molecule has 5 heteroatoms. The van der Waals surface area contributed by atoms with Crippen LogP contribution in [0.5, 0.6) is 0 Å². The lowest BCUT2D eigenvalue weighted by atomic mass is 10.5. The number of hydrogen-bond acceptors (Lipinski definition) is 3. The van der Waals surface area contributed by atoms with E-state index in [4.69, 9.17) is 0 Å². The van der Waals surface area contributed by atoms with Crippen LogP contribution in [-0.2, 0) is 0 Å². The molecule has 2 rings (SSSR count). The number of imidazole rings is 1. The lowest BCUT2D eigenvalue weighted by molar-refractivity contribution is 0.697. The molecule has 0 atom stereocenters. The molecule has 0 saturated heterocycles. The van der Waals surface area contributed by atoms with Gasteiger partial charge in [0.2, 0.25) is 11.1 Å². The molecule has 0 aliphatic carbocycles. The van der Waals surface area contributed by atoms with Gasteiger partial charge in [0.05, 0.1) is 0 Å². The summed E-state index contributed by atoms with van der Waals surface area (Å²) in [6.07, 6.45) is 4.95. The van der Waals surface area contributed by atoms with E-state index in [2.05, 4.69) is 10.4 Å². The highest BCUT2D eigenvalue weighted by Crippen LogP contribution is 1.90. The van der Waals surface area contributed by atoms with E-state index in [1.807, 2.05) is 0 Å². The fourth-order valence-electron chi connectivity index (χ4n) is 1.11. The highest BCUT2D eigenvalue weighted by Gasteiger charge is 1.99. The summed E-state index contributed by atoms with van der Waals surface area (Å²) in [4.78, 5) is 16.8. The van der Waals surface area contributed by atoms with Gasteiger partial charge in [-0.15, -0.1) is 0 Å². The van der Waals surface area contributed by atoms with E-state index < -0.39 is 0 Å². The van der Waals surface area contributed by atoms with Crippen LogP contribution in [0.15, 0.2) is 29.5 Å². The minimum Gasteiger partial charge on any atom is -0.314 e. The molecule has 0 unspecified atom stereocenters. The Kier molecular flexibility index (Phi) is 1.36. The molecule has 0 aromatic carbocycles. The maximum absolute atomic E-state index is 11.2. The third-order valence-electron chi connectivity index (χ3n) is 1.67. The zero-order valence-corrected chi connectivity index (χ0v) is 6.56. The van der Waals surface area contributed by atoms with E-state index in [-0.39, 0.29) is 5.43 Å². The summed E-state index contributed by atoms with van der Waals surface area (Å²) in [6.45, 7) is 0. The summed E-state index contributed by atoms with van der Waals surface area (Å²) in [6, 6.07) is 1.47. The number of rotatable bonds is 1. The number of nitrogens with one attached hydrogen (secondary N) is 1. The van der Waals surface area contributed by atoms with Crippen molar-refractivity contribution in [3.05, 3.63) is 34.9 Å². The van der Waals surface area contributed by atoms with Crippen LogP contribution in [0, 0.1) is 0 Å². The van der Waals surface area contributed by atoms with E-state index in [0.29, 0.717) is 5.65 Å². The minimum atomic E-state index is -0.0773. The van der Waals surface area contributed by atoms with Gasteiger partial charge in [-0.3, -0.25) is 4.79 Å². The molecule has 0 fully saturated rings. The van der Waals surface area contributed by atoms with Crippen LogP contribution < -0.4 is 10.9 Å². The number of aromatic nitrogens is 3. The molecule has 2 aromatic heterocycles. The van der Waals surface area contributed by atoms with Gasteiger partial charge in [0.25, 0.3) is 0 Å². The quantitative estimate of drug-likeness (QED) is 0.627. The average Bonchev–Trinajstić information content (AvgIpc) is 2.54. The van der Waals surface area contributed by atoms with Crippen molar-refractivity contribution >= 4 is 5.65 Å². The summed E-state index contributed by atoms with van der Waals surface area (Å²) in [7, 11) is 1.77. The first kappa shape index (κ1) is 6.90. The summed E-state index contributed by atoms with van der Waals surface area (Å²) < 4.78 is 1.64. The van der Waals surface area contributed by atoms with Crippen molar-refractivity contribution in [1.82, 2.24) is 14.3 Å². The average molecular weight is 164 g/mol. The van der Waals surface area contributed by atoms with E-state index in [1.54, 1.807) is 34.9 Å². The standard InChI is InChI=1S/C7H8N4O/c1-8-11-4-2-6(12)7-9-3-5-10(7)11/h2-5,8H,1H3. The highest BCUT2D eigenvalue weighted by atomic mass is 16.1. The Morgan fingerprint density at radius 2 is 2.33 bits per heavy atom. The van der Waals surface area contributed by atoms with Crippen LogP contribution in [0.3, 0.4) is 0 Å². The van der Waals surface area contributed by atoms with Crippen molar-refractivity contribution in [3.63, 3.8) is 0 Å². The molecule has 1 N–H and O–H groups in total. The molecule has 62 valence electrons. The first-order valence-corrected chi connectivity index (χ1v) is 3.55. The molecular weight excluding hydrogens is 156 g/mol. The Morgan fingerprint density at radius 3 is 3.08 bits per heavy atom. The SMILES string of the molecule is CNn1ccc(=O)c2nccn21. The summed E-state index contributed by atoms with van der Waals surface area (Å²) in [5.41, 5.74) is 3.23. The fourth-order valence-corrected chi connectivity index (χ4v) is 1.11. The molecule has 0 aliphatic heterocycles. The van der Waals surface area contributed by atoms with Crippen molar-refractivity contribution in [1.29, 1.82) is 0 Å². The Balaban J connectivity index is 2.92. The lowest BCUT2D eigenvalue weighted by Gasteiger charge is -2.06. The predicted octanol–water partition coefficient (Wildman–Crippen LogP) is -0.331. The second kappa shape index (κ2) is 2.37. The summed E-state index contributed by atoms with van der Waals surface area (Å²) in [5, 5.41) is 0. The van der Waals surface area contributed by atoms with Gasteiger partial charge >= 0.3 is 0 Å². The molecule has 12 heavy (non-hydrogen) atoms. The molecule has 0 spiro atoms. The van der Waals surface area contributed by atoms with Crippen LogP contribution in [0.1, 0.15) is 0 Å². The maximum Gasteiger partial charge on any atom is 0.224 e. The molecule has 2 heterocycles. The van der Waals surface area contributed by atoms with E-state index in [0.717, 1.165) is 0 Å². The molecule has 0 bridgehead atoms. The third kappa shape index (κ3) is 0.795. The predicted molar refractivity (Wildman–Crippen MR) is 44.7 cm³/mol. The first-order valence-electron chi connectivity index (χ1n) is 3.55. The molecule has 0 saturated carbocycles. The minimum absolute atomic E-state index is 0.0773. The molecular formula is C7H8N4O. The monoisotopic (exact) mass is 164 g/mol. The zero-order valence-electron chi connectivity index (χ0n) is 6.56. The van der Waals surface area contributed by atoms with Crippen molar-refractivity contribution in [2.45, 2.75) is 0 Å². The van der Waals surface area contributed by atoms with Crippen molar-refractivity contribution in [2.75, 3.05) is 12.5 Å². The first-order chi connectivity index (χ1) is 5.83. The largest absolute Gasteiger partial charge is 0.314 e. The van der Waals surface area contributed by atoms with Crippen LogP contribution in [0.4, 0.5) is 0 Å². The van der Waals surface area contributed by atoms with Crippen molar-refractivity contribution in [3.8, 4) is 0 Å². The second-order valence-corrected chi connectivity index (χ2v) is 2.34. The van der Waals surface area contributed by atoms with Crippen molar-refractivity contribution < 1.29 is 0 Å². The second-order valence-electron chi connectivity index (χ2n) is 2.34. The van der Waals surface area contributed by atoms with E-state index >= 15 is 0 Å². The molecule has 0 aliphatic rings. The normalized spacial score (nSPS) is 10.4. The van der Waals surface area contributed by atoms with Gasteiger partial charge < -0.3 is 5.43 Å². The molecule has 5 nitrogen and oxygen atoms in total. The Bertz CT molecular complexity index is 456. The van der Waals surface area contributed by atoms with Crippen LogP contribution in [-0.4, -0.2) is 21.3 Å². The Morgan fingerprint density at radius 1 is 1.50 bits per heavy atom. The van der Waals surface area contributed by atoms with Crippen LogP contribution in [0.2, 0.25) is 0 Å². The van der Waals surface area contributed by atoms with Gasteiger partial charge in [-0.25, -0.2) is 14.3 Å². The Hall–Kier alpha value is -1.78. The smallest absolute Gasteiger partial charge is 0.224 e. The highest BCUT2D eigenvalue weighted by molar-refractivity contribution is 5.35. The fraction of sp³-hybridized carbons (Fsp3) is 0.143. The van der Waals surface area contributed by atoms with Gasteiger partial charge in [-0.05, 0) is 0 Å². The number of nitrogens with zero attached hydrogens (tertiary/aromatic N) is 3. The zero-order chi connectivity index (χ0) is 8.55. The molecule has 0 amide bonds. The van der Waals surface area contributed by atoms with Crippen LogP contribution >= 0.6 is 0 Å². The van der Waals surface area contributed by atoms with Gasteiger partial charge in [-0.1, -0.05) is 0 Å². The van der Waals surface area contributed by atoms with Crippen molar-refractivity contribution in [2.24, 2.45) is 0 Å². The van der Waals surface area contributed by atoms with E-state index in [9.17, 15) is 4.79 Å². The lowest BCUT2D eigenvalue weighted by Crippen LogP contribution is -2.20. The van der Waals surface area contributed by atoms with Gasteiger partial charge in [0.1, 0.15) is 0 Å². The number of fused-ring (bicyclic) bond motifs is 1. The number of hydrogen-bond donors (Lipinski definition) is 1. The topological polar surface area (TPSA) is 51.3 Å².